The van der Waals surface area contributed by atoms with Gasteiger partial charge in [0.2, 0.25) is 0 Å². The lowest BCUT2D eigenvalue weighted by atomic mass is 10.2. The largest absolute Gasteiger partial charge is 0.393 e. The van der Waals surface area contributed by atoms with Crippen molar-refractivity contribution < 1.29 is 19.1 Å². The number of rotatable bonds is 5. The van der Waals surface area contributed by atoms with Gasteiger partial charge in [0.1, 0.15) is 5.82 Å². The third-order valence-electron chi connectivity index (χ3n) is 1.91. The number of hydrogen-bond acceptors (Lipinski definition) is 3. The van der Waals surface area contributed by atoms with Gasteiger partial charge in [-0.2, -0.15) is 0 Å². The quantitative estimate of drug-likeness (QED) is 0.588. The van der Waals surface area contributed by atoms with Gasteiger partial charge in [0.15, 0.2) is 0 Å². The van der Waals surface area contributed by atoms with Gasteiger partial charge in [-0.25, -0.2) is 9.87 Å². The lowest BCUT2D eigenvalue weighted by Crippen LogP contribution is -2.25. The molecule has 5 heteroatoms. The lowest BCUT2D eigenvalue weighted by Gasteiger charge is -2.06. The number of hydroxylamine groups is 1. The maximum atomic E-state index is 12.6. The Kier molecular flexibility index (Phi) is 4.88. The molecule has 1 aromatic rings. The number of carbonyl (C=O) groups excluding carboxylic acids is 1. The fraction of sp³-hybridized carbons (Fsp3) is 0.364. The SMILES string of the molecule is CC(O)CCONC(=O)c1ccc(F)cc1. The summed E-state index contributed by atoms with van der Waals surface area (Å²) in [6.07, 6.45) is -0.0355. The normalized spacial score (nSPS) is 12.2. The van der Waals surface area contributed by atoms with Crippen LogP contribution in [-0.2, 0) is 4.84 Å². The zero-order chi connectivity index (χ0) is 12.0. The first-order valence-electron chi connectivity index (χ1n) is 4.95. The Morgan fingerprint density at radius 2 is 2.12 bits per heavy atom. The van der Waals surface area contributed by atoms with Crippen molar-refractivity contribution in [2.45, 2.75) is 19.4 Å². The first-order valence-corrected chi connectivity index (χ1v) is 4.95. The van der Waals surface area contributed by atoms with E-state index in [4.69, 9.17) is 9.94 Å². The smallest absolute Gasteiger partial charge is 0.274 e. The Hall–Kier alpha value is -1.46. The third kappa shape index (κ3) is 4.37. The maximum absolute atomic E-state index is 12.6. The molecule has 0 aliphatic carbocycles. The summed E-state index contributed by atoms with van der Waals surface area (Å²) in [4.78, 5) is 16.2. The molecule has 0 aliphatic rings. The summed E-state index contributed by atoms with van der Waals surface area (Å²) < 4.78 is 12.6. The number of nitrogens with one attached hydrogen (secondary N) is 1. The first kappa shape index (κ1) is 12.6. The molecule has 1 aromatic carbocycles. The van der Waals surface area contributed by atoms with Gasteiger partial charge in [-0.15, -0.1) is 0 Å². The Bertz CT molecular complexity index is 338. The van der Waals surface area contributed by atoms with E-state index in [2.05, 4.69) is 5.48 Å². The summed E-state index contributed by atoms with van der Waals surface area (Å²) >= 11 is 0. The van der Waals surface area contributed by atoms with Crippen LogP contribution in [0.5, 0.6) is 0 Å². The summed E-state index contributed by atoms with van der Waals surface area (Å²) in [5.41, 5.74) is 2.52. The molecule has 0 aliphatic heterocycles. The Labute approximate surface area is 93.0 Å². The minimum absolute atomic E-state index is 0.227. The second-order valence-electron chi connectivity index (χ2n) is 3.42. The molecule has 0 fully saturated rings. The molecule has 0 heterocycles. The predicted octanol–water partition coefficient (Wildman–Crippen LogP) is 1.26. The zero-order valence-electron chi connectivity index (χ0n) is 8.94. The fourth-order valence-corrected chi connectivity index (χ4v) is 1.01. The van der Waals surface area contributed by atoms with Gasteiger partial charge in [-0.3, -0.25) is 9.63 Å². The molecular weight excluding hydrogens is 213 g/mol. The van der Waals surface area contributed by atoms with Crippen LogP contribution in [0.15, 0.2) is 24.3 Å². The summed E-state index contributed by atoms with van der Waals surface area (Å²) in [7, 11) is 0. The number of benzene rings is 1. The van der Waals surface area contributed by atoms with Gasteiger partial charge in [-0.1, -0.05) is 0 Å². The average Bonchev–Trinajstić information content (AvgIpc) is 2.25. The zero-order valence-corrected chi connectivity index (χ0v) is 8.94. The molecule has 1 atom stereocenters. The van der Waals surface area contributed by atoms with Crippen molar-refractivity contribution >= 4 is 5.91 Å². The highest BCUT2D eigenvalue weighted by Crippen LogP contribution is 2.02. The van der Waals surface area contributed by atoms with E-state index in [0.29, 0.717) is 12.0 Å². The molecule has 0 radical (unpaired) electrons. The molecule has 1 unspecified atom stereocenters. The number of amides is 1. The number of halogens is 1. The topological polar surface area (TPSA) is 58.6 Å². The van der Waals surface area contributed by atoms with E-state index in [-0.39, 0.29) is 6.61 Å². The van der Waals surface area contributed by atoms with Gasteiger partial charge < -0.3 is 5.11 Å². The van der Waals surface area contributed by atoms with Crippen molar-refractivity contribution in [2.24, 2.45) is 0 Å². The van der Waals surface area contributed by atoms with E-state index < -0.39 is 17.8 Å². The van der Waals surface area contributed by atoms with Crippen molar-refractivity contribution in [3.05, 3.63) is 35.6 Å². The van der Waals surface area contributed by atoms with E-state index >= 15 is 0 Å². The number of aliphatic hydroxyl groups is 1. The van der Waals surface area contributed by atoms with Gasteiger partial charge in [0.05, 0.1) is 12.7 Å². The highest BCUT2D eigenvalue weighted by Gasteiger charge is 2.05. The van der Waals surface area contributed by atoms with Gasteiger partial charge in [-0.05, 0) is 37.6 Å². The molecule has 0 saturated carbocycles. The van der Waals surface area contributed by atoms with Crippen LogP contribution in [0, 0.1) is 5.82 Å². The fourth-order valence-electron chi connectivity index (χ4n) is 1.01. The van der Waals surface area contributed by atoms with Crippen molar-refractivity contribution in [1.29, 1.82) is 0 Å². The van der Waals surface area contributed by atoms with E-state index in [1.807, 2.05) is 0 Å². The molecular formula is C11H14FNO3. The highest BCUT2D eigenvalue weighted by molar-refractivity contribution is 5.93. The molecule has 0 aromatic heterocycles. The first-order chi connectivity index (χ1) is 7.59. The summed E-state index contributed by atoms with van der Waals surface area (Å²) in [6, 6.07) is 5.13. The standard InChI is InChI=1S/C11H14FNO3/c1-8(14)6-7-16-13-11(15)9-2-4-10(12)5-3-9/h2-5,8,14H,6-7H2,1H3,(H,13,15). The summed E-state index contributed by atoms with van der Waals surface area (Å²) in [5, 5.41) is 8.93. The highest BCUT2D eigenvalue weighted by atomic mass is 19.1. The molecule has 1 amide bonds. The molecule has 0 bridgehead atoms. The van der Waals surface area contributed by atoms with Crippen LogP contribution in [0.25, 0.3) is 0 Å². The minimum Gasteiger partial charge on any atom is -0.393 e. The Morgan fingerprint density at radius 1 is 1.50 bits per heavy atom. The van der Waals surface area contributed by atoms with Crippen molar-refractivity contribution in [3.8, 4) is 0 Å². The van der Waals surface area contributed by atoms with Crippen LogP contribution < -0.4 is 5.48 Å². The molecule has 4 nitrogen and oxygen atoms in total. The lowest BCUT2D eigenvalue weighted by molar-refractivity contribution is 0.0186. The average molecular weight is 227 g/mol. The van der Waals surface area contributed by atoms with E-state index in [1.165, 1.54) is 24.3 Å². The van der Waals surface area contributed by atoms with Gasteiger partial charge >= 0.3 is 0 Å². The second kappa shape index (κ2) is 6.19. The summed E-state index contributed by atoms with van der Waals surface area (Å²) in [6.45, 7) is 1.86. The van der Waals surface area contributed by atoms with E-state index in [1.54, 1.807) is 6.92 Å². The van der Waals surface area contributed by atoms with Gasteiger partial charge in [0, 0.05) is 5.56 Å². The summed E-state index contributed by atoms with van der Waals surface area (Å²) in [5.74, 6) is -0.836. The van der Waals surface area contributed by atoms with E-state index in [9.17, 15) is 9.18 Å². The molecule has 0 spiro atoms. The Morgan fingerprint density at radius 3 is 2.69 bits per heavy atom. The van der Waals surface area contributed by atoms with Crippen molar-refractivity contribution in [2.75, 3.05) is 6.61 Å². The Balaban J connectivity index is 2.32. The van der Waals surface area contributed by atoms with Crippen LogP contribution in [0.3, 0.4) is 0 Å². The van der Waals surface area contributed by atoms with Crippen molar-refractivity contribution in [1.82, 2.24) is 5.48 Å². The number of hydrogen-bond donors (Lipinski definition) is 2. The molecule has 16 heavy (non-hydrogen) atoms. The van der Waals surface area contributed by atoms with Crippen LogP contribution in [-0.4, -0.2) is 23.7 Å². The van der Waals surface area contributed by atoms with Crippen molar-refractivity contribution in [3.63, 3.8) is 0 Å². The molecule has 1 rings (SSSR count). The minimum atomic E-state index is -0.470. The van der Waals surface area contributed by atoms with Crippen LogP contribution in [0.1, 0.15) is 23.7 Å². The number of aliphatic hydroxyl groups excluding tert-OH is 1. The second-order valence-corrected chi connectivity index (χ2v) is 3.42. The molecule has 88 valence electrons. The molecule has 2 N–H and O–H groups in total. The van der Waals surface area contributed by atoms with Gasteiger partial charge in [0.25, 0.3) is 5.91 Å². The molecule has 0 saturated heterocycles. The van der Waals surface area contributed by atoms with Crippen LogP contribution >= 0.6 is 0 Å². The maximum Gasteiger partial charge on any atom is 0.274 e. The van der Waals surface area contributed by atoms with E-state index in [0.717, 1.165) is 0 Å². The van der Waals surface area contributed by atoms with Crippen LogP contribution in [0.2, 0.25) is 0 Å². The monoisotopic (exact) mass is 227 g/mol. The third-order valence-corrected chi connectivity index (χ3v) is 1.91. The van der Waals surface area contributed by atoms with Crippen LogP contribution in [0.4, 0.5) is 4.39 Å². The number of carbonyl (C=O) groups is 1. The predicted molar refractivity (Wildman–Crippen MR) is 56.1 cm³/mol.